The Morgan fingerprint density at radius 3 is 2.70 bits per heavy atom. The average molecular weight is 393 g/mol. The molecule has 3 aromatic rings. The Kier molecular flexibility index (Phi) is 5.17. The van der Waals surface area contributed by atoms with Gasteiger partial charge in [0.05, 0.1) is 29.2 Å². The highest BCUT2D eigenvalue weighted by atomic mass is 35.5. The average Bonchev–Trinajstić information content (AvgIpc) is 3.16. The van der Waals surface area contributed by atoms with Crippen LogP contribution in [0.4, 0.5) is 15.9 Å². The molecule has 1 aromatic carbocycles. The molecule has 0 saturated carbocycles. The number of amides is 1. The minimum atomic E-state index is -0.705. The van der Waals surface area contributed by atoms with Gasteiger partial charge in [-0.15, -0.1) is 0 Å². The van der Waals surface area contributed by atoms with Crippen molar-refractivity contribution in [2.45, 2.75) is 20.0 Å². The smallest absolute Gasteiger partial charge is 0.358 e. The predicted octanol–water partition coefficient (Wildman–Crippen LogP) is 2.78. The van der Waals surface area contributed by atoms with Crippen LogP contribution in [0.3, 0.4) is 0 Å². The molecule has 0 radical (unpaired) electrons. The summed E-state index contributed by atoms with van der Waals surface area (Å²) in [5.74, 6) is -1.25. The summed E-state index contributed by atoms with van der Waals surface area (Å²) in [7, 11) is 0. The Morgan fingerprint density at radius 1 is 1.37 bits per heavy atom. The molecule has 3 rings (SSSR count). The van der Waals surface area contributed by atoms with E-state index in [0.717, 1.165) is 5.56 Å². The van der Waals surface area contributed by atoms with Gasteiger partial charge in [0.2, 0.25) is 5.91 Å². The number of carbonyl (C=O) groups excluding carboxylic acids is 1. The fourth-order valence-corrected chi connectivity index (χ4v) is 2.61. The van der Waals surface area contributed by atoms with Crippen molar-refractivity contribution >= 4 is 29.0 Å². The first-order chi connectivity index (χ1) is 12.8. The maximum atomic E-state index is 12.9. The van der Waals surface area contributed by atoms with Crippen LogP contribution >= 0.6 is 11.6 Å². The van der Waals surface area contributed by atoms with Crippen LogP contribution < -0.4 is 5.32 Å². The second-order valence-electron chi connectivity index (χ2n) is 5.74. The lowest BCUT2D eigenvalue weighted by Crippen LogP contribution is -2.20. The Hall–Kier alpha value is -3.27. The molecule has 0 aliphatic rings. The lowest BCUT2D eigenvalue weighted by molar-refractivity contribution is -0.389. The fraction of sp³-hybridized carbons (Fsp3) is 0.188. The molecule has 140 valence electrons. The largest absolute Gasteiger partial charge is 0.408 e. The summed E-state index contributed by atoms with van der Waals surface area (Å²) in [6.45, 7) is 1.72. The van der Waals surface area contributed by atoms with Crippen molar-refractivity contribution in [2.24, 2.45) is 0 Å². The van der Waals surface area contributed by atoms with Crippen molar-refractivity contribution in [3.8, 4) is 0 Å². The van der Waals surface area contributed by atoms with Gasteiger partial charge in [-0.3, -0.25) is 9.48 Å². The van der Waals surface area contributed by atoms with Gasteiger partial charge < -0.3 is 15.4 Å². The van der Waals surface area contributed by atoms with E-state index in [-0.39, 0.29) is 17.4 Å². The molecule has 0 fully saturated rings. The van der Waals surface area contributed by atoms with Crippen LogP contribution in [0.15, 0.2) is 36.7 Å². The lowest BCUT2D eigenvalue weighted by Gasteiger charge is -2.03. The number of halogens is 2. The summed E-state index contributed by atoms with van der Waals surface area (Å²) < 4.78 is 15.7. The van der Waals surface area contributed by atoms with Crippen molar-refractivity contribution in [3.63, 3.8) is 0 Å². The van der Waals surface area contributed by atoms with E-state index < -0.39 is 16.6 Å². The number of nitro groups is 1. The van der Waals surface area contributed by atoms with Crippen LogP contribution in [0, 0.1) is 22.9 Å². The number of nitrogens with one attached hydrogen (secondary N) is 1. The van der Waals surface area contributed by atoms with Gasteiger partial charge in [-0.25, -0.2) is 4.39 Å². The van der Waals surface area contributed by atoms with Gasteiger partial charge in [0.1, 0.15) is 12.4 Å². The van der Waals surface area contributed by atoms with Crippen LogP contribution in [-0.4, -0.2) is 30.4 Å². The highest BCUT2D eigenvalue weighted by Gasteiger charge is 2.25. The molecule has 0 bridgehead atoms. The van der Waals surface area contributed by atoms with Crippen LogP contribution in [-0.2, 0) is 17.9 Å². The third kappa shape index (κ3) is 4.29. The van der Waals surface area contributed by atoms with Crippen LogP contribution in [0.1, 0.15) is 11.3 Å². The molecular formula is C16H14ClFN6O3. The molecular weight excluding hydrogens is 379 g/mol. The molecule has 27 heavy (non-hydrogen) atoms. The number of nitrogens with zero attached hydrogens (tertiary/aromatic N) is 5. The standard InChI is InChI=1S/C16H14ClFN6O3/c1-10-15(17)16(24(26)27)21-23(10)9-14(25)20-13-6-19-22(8-13)7-11-2-4-12(18)5-3-11/h2-6,8H,7,9H2,1H3,(H,20,25). The molecule has 0 spiro atoms. The van der Waals surface area contributed by atoms with E-state index in [4.69, 9.17) is 11.6 Å². The van der Waals surface area contributed by atoms with Gasteiger partial charge in [0.15, 0.2) is 5.02 Å². The fourth-order valence-electron chi connectivity index (χ4n) is 2.41. The topological polar surface area (TPSA) is 108 Å². The maximum Gasteiger partial charge on any atom is 0.408 e. The van der Waals surface area contributed by atoms with Crippen molar-refractivity contribution < 1.29 is 14.1 Å². The van der Waals surface area contributed by atoms with Crippen LogP contribution in [0.25, 0.3) is 0 Å². The number of carbonyl (C=O) groups is 1. The van der Waals surface area contributed by atoms with Crippen LogP contribution in [0.2, 0.25) is 5.02 Å². The molecule has 1 amide bonds. The first-order valence-corrected chi connectivity index (χ1v) is 8.15. The molecule has 0 aliphatic carbocycles. The number of hydrogen-bond acceptors (Lipinski definition) is 5. The zero-order valence-electron chi connectivity index (χ0n) is 14.1. The van der Waals surface area contributed by atoms with Gasteiger partial charge in [-0.1, -0.05) is 23.7 Å². The Balaban J connectivity index is 1.63. The third-order valence-electron chi connectivity index (χ3n) is 3.76. The van der Waals surface area contributed by atoms with E-state index in [2.05, 4.69) is 15.5 Å². The van der Waals surface area contributed by atoms with Crippen LogP contribution in [0.5, 0.6) is 0 Å². The highest BCUT2D eigenvalue weighted by Crippen LogP contribution is 2.26. The molecule has 11 heteroatoms. The second-order valence-corrected chi connectivity index (χ2v) is 6.12. The summed E-state index contributed by atoms with van der Waals surface area (Å²) >= 11 is 5.85. The molecule has 2 heterocycles. The monoisotopic (exact) mass is 392 g/mol. The SMILES string of the molecule is Cc1c(Cl)c([N+](=O)[O-])nn1CC(=O)Nc1cnn(Cc2ccc(F)cc2)c1. The first-order valence-electron chi connectivity index (χ1n) is 7.77. The summed E-state index contributed by atoms with van der Waals surface area (Å²) in [6, 6.07) is 6.01. The molecule has 1 N–H and O–H groups in total. The Labute approximate surface area is 157 Å². The van der Waals surface area contributed by atoms with Crippen molar-refractivity contribution in [2.75, 3.05) is 5.32 Å². The summed E-state index contributed by atoms with van der Waals surface area (Å²) in [4.78, 5) is 22.3. The van der Waals surface area contributed by atoms with Gasteiger partial charge in [-0.05, 0) is 29.5 Å². The minimum absolute atomic E-state index is 0.0973. The highest BCUT2D eigenvalue weighted by molar-refractivity contribution is 6.33. The third-order valence-corrected chi connectivity index (χ3v) is 4.20. The summed E-state index contributed by atoms with van der Waals surface area (Å²) in [5.41, 5.74) is 1.63. The number of hydrogen-bond donors (Lipinski definition) is 1. The maximum absolute atomic E-state index is 12.9. The number of benzene rings is 1. The molecule has 2 aromatic heterocycles. The summed E-state index contributed by atoms with van der Waals surface area (Å²) in [6.07, 6.45) is 3.08. The van der Waals surface area contributed by atoms with Gasteiger partial charge in [-0.2, -0.15) is 9.78 Å². The van der Waals surface area contributed by atoms with E-state index >= 15 is 0 Å². The first kappa shape index (κ1) is 18.5. The number of aromatic nitrogens is 4. The van der Waals surface area contributed by atoms with Gasteiger partial charge in [0.25, 0.3) is 0 Å². The summed E-state index contributed by atoms with van der Waals surface area (Å²) in [5, 5.41) is 21.2. The predicted molar refractivity (Wildman–Crippen MR) is 95.0 cm³/mol. The van der Waals surface area contributed by atoms with Crippen molar-refractivity contribution in [1.82, 2.24) is 19.6 Å². The molecule has 0 saturated heterocycles. The molecule has 0 unspecified atom stereocenters. The molecule has 9 nitrogen and oxygen atoms in total. The van der Waals surface area contributed by atoms with E-state index in [1.807, 2.05) is 0 Å². The molecule has 0 atom stereocenters. The van der Waals surface area contributed by atoms with Crippen molar-refractivity contribution in [3.05, 3.63) is 68.9 Å². The van der Waals surface area contributed by atoms with E-state index in [0.29, 0.717) is 17.9 Å². The zero-order valence-corrected chi connectivity index (χ0v) is 14.9. The zero-order chi connectivity index (χ0) is 19.6. The van der Waals surface area contributed by atoms with Gasteiger partial charge >= 0.3 is 5.82 Å². The van der Waals surface area contributed by atoms with Crippen molar-refractivity contribution in [1.29, 1.82) is 0 Å². The van der Waals surface area contributed by atoms with E-state index in [1.165, 1.54) is 29.9 Å². The molecule has 0 aliphatic heterocycles. The Bertz CT molecular complexity index is 998. The van der Waals surface area contributed by atoms with E-state index in [9.17, 15) is 19.3 Å². The quantitative estimate of drug-likeness (QED) is 0.512. The number of rotatable bonds is 6. The van der Waals surface area contributed by atoms with E-state index in [1.54, 1.807) is 23.0 Å². The minimum Gasteiger partial charge on any atom is -0.358 e. The normalized spacial score (nSPS) is 10.8. The number of anilines is 1. The lowest BCUT2D eigenvalue weighted by atomic mass is 10.2. The van der Waals surface area contributed by atoms with Gasteiger partial charge in [0, 0.05) is 6.20 Å². The Morgan fingerprint density at radius 2 is 2.07 bits per heavy atom. The second kappa shape index (κ2) is 7.54.